The first-order valence-electron chi connectivity index (χ1n) is 7.75. The van der Waals surface area contributed by atoms with E-state index in [1.54, 1.807) is 0 Å². The molecule has 0 atom stereocenters. The van der Waals surface area contributed by atoms with E-state index in [0.717, 1.165) is 11.3 Å². The molecule has 0 unspecified atom stereocenters. The molecule has 118 valence electrons. The summed E-state index contributed by atoms with van der Waals surface area (Å²) in [5.74, 6) is 0.824. The lowest BCUT2D eigenvalue weighted by atomic mass is 10.1. The van der Waals surface area contributed by atoms with Crippen molar-refractivity contribution >= 4 is 0 Å². The van der Waals surface area contributed by atoms with Crippen LogP contribution in [0.15, 0.2) is 48.5 Å². The van der Waals surface area contributed by atoms with Crippen LogP contribution in [0.25, 0.3) is 0 Å². The zero-order valence-corrected chi connectivity index (χ0v) is 13.5. The Kier molecular flexibility index (Phi) is 6.44. The summed E-state index contributed by atoms with van der Waals surface area (Å²) >= 11 is 0. The van der Waals surface area contributed by atoms with Gasteiger partial charge in [-0.15, -0.1) is 0 Å². The molecule has 0 spiro atoms. The summed E-state index contributed by atoms with van der Waals surface area (Å²) < 4.78 is 17.2. The van der Waals surface area contributed by atoms with Crippen molar-refractivity contribution in [1.29, 1.82) is 0 Å². The van der Waals surface area contributed by atoms with Crippen LogP contribution in [-0.2, 0) is 16.1 Å². The van der Waals surface area contributed by atoms with Gasteiger partial charge in [0.15, 0.2) is 6.29 Å². The minimum Gasteiger partial charge on any atom is -0.489 e. The Morgan fingerprint density at radius 2 is 1.64 bits per heavy atom. The molecule has 0 N–H and O–H groups in total. The fraction of sp³-hybridized carbons (Fsp3) is 0.368. The van der Waals surface area contributed by atoms with Gasteiger partial charge in [-0.25, -0.2) is 0 Å². The van der Waals surface area contributed by atoms with E-state index >= 15 is 0 Å². The van der Waals surface area contributed by atoms with Gasteiger partial charge in [0.1, 0.15) is 12.4 Å². The smallest absolute Gasteiger partial charge is 0.183 e. The lowest BCUT2D eigenvalue weighted by Crippen LogP contribution is -2.09. The first-order valence-corrected chi connectivity index (χ1v) is 7.75. The van der Waals surface area contributed by atoms with Crippen LogP contribution in [0, 0.1) is 6.92 Å². The minimum atomic E-state index is -0.336. The number of rotatable bonds is 8. The van der Waals surface area contributed by atoms with Gasteiger partial charge in [-0.2, -0.15) is 0 Å². The Hall–Kier alpha value is -1.84. The topological polar surface area (TPSA) is 27.7 Å². The third kappa shape index (κ3) is 4.58. The summed E-state index contributed by atoms with van der Waals surface area (Å²) in [5.41, 5.74) is 3.41. The summed E-state index contributed by atoms with van der Waals surface area (Å²) in [4.78, 5) is 0. The molecular formula is C19H24O3. The highest BCUT2D eigenvalue weighted by Gasteiger charge is 2.12. The third-order valence-electron chi connectivity index (χ3n) is 3.42. The number of ether oxygens (including phenoxy) is 3. The second-order valence-corrected chi connectivity index (χ2v) is 5.03. The monoisotopic (exact) mass is 300 g/mol. The van der Waals surface area contributed by atoms with Gasteiger partial charge in [-0.1, -0.05) is 36.4 Å². The predicted octanol–water partition coefficient (Wildman–Crippen LogP) is 4.65. The first-order chi connectivity index (χ1) is 10.7. The van der Waals surface area contributed by atoms with Crippen molar-refractivity contribution in [2.75, 3.05) is 13.2 Å². The number of hydrogen-bond acceptors (Lipinski definition) is 3. The molecule has 22 heavy (non-hydrogen) atoms. The van der Waals surface area contributed by atoms with Gasteiger partial charge in [-0.05, 0) is 44.0 Å². The van der Waals surface area contributed by atoms with Crippen molar-refractivity contribution in [3.05, 3.63) is 65.2 Å². The second-order valence-electron chi connectivity index (χ2n) is 5.03. The van der Waals surface area contributed by atoms with E-state index in [0.29, 0.717) is 19.8 Å². The van der Waals surface area contributed by atoms with Crippen molar-refractivity contribution in [2.24, 2.45) is 0 Å². The molecule has 0 radical (unpaired) electrons. The van der Waals surface area contributed by atoms with Gasteiger partial charge in [0.25, 0.3) is 0 Å². The van der Waals surface area contributed by atoms with Crippen LogP contribution in [0.1, 0.15) is 36.8 Å². The van der Waals surface area contributed by atoms with Crippen LogP contribution in [0.3, 0.4) is 0 Å². The SMILES string of the molecule is CCOC(OCC)c1cccc(OCc2ccccc2C)c1. The summed E-state index contributed by atoms with van der Waals surface area (Å²) in [6.07, 6.45) is -0.336. The van der Waals surface area contributed by atoms with Crippen LogP contribution in [0.5, 0.6) is 5.75 Å². The molecule has 0 heterocycles. The van der Waals surface area contributed by atoms with Crippen molar-refractivity contribution in [1.82, 2.24) is 0 Å². The molecule has 2 aromatic carbocycles. The molecule has 0 aromatic heterocycles. The fourth-order valence-corrected chi connectivity index (χ4v) is 2.23. The lowest BCUT2D eigenvalue weighted by molar-refractivity contribution is -0.140. The molecule has 0 fully saturated rings. The van der Waals surface area contributed by atoms with Crippen molar-refractivity contribution in [3.8, 4) is 5.75 Å². The Bertz CT molecular complexity index is 574. The minimum absolute atomic E-state index is 0.336. The van der Waals surface area contributed by atoms with Gasteiger partial charge in [0.05, 0.1) is 0 Å². The zero-order chi connectivity index (χ0) is 15.8. The molecule has 3 nitrogen and oxygen atoms in total. The third-order valence-corrected chi connectivity index (χ3v) is 3.42. The van der Waals surface area contributed by atoms with E-state index < -0.39 is 0 Å². The standard InChI is InChI=1S/C19H24O3/c1-4-20-19(21-5-2)16-11-8-12-18(13-16)22-14-17-10-7-6-9-15(17)3/h6-13,19H,4-5,14H2,1-3H3. The average Bonchev–Trinajstić information content (AvgIpc) is 2.54. The summed E-state index contributed by atoms with van der Waals surface area (Å²) in [7, 11) is 0. The summed E-state index contributed by atoms with van der Waals surface area (Å²) in [6.45, 7) is 7.80. The van der Waals surface area contributed by atoms with Crippen molar-refractivity contribution in [3.63, 3.8) is 0 Å². The molecule has 0 aliphatic rings. The predicted molar refractivity (Wildman–Crippen MR) is 87.9 cm³/mol. The van der Waals surface area contributed by atoms with E-state index in [1.807, 2.05) is 50.2 Å². The Balaban J connectivity index is 2.06. The largest absolute Gasteiger partial charge is 0.489 e. The van der Waals surface area contributed by atoms with E-state index in [1.165, 1.54) is 11.1 Å². The zero-order valence-electron chi connectivity index (χ0n) is 13.5. The number of benzene rings is 2. The quantitative estimate of drug-likeness (QED) is 0.664. The van der Waals surface area contributed by atoms with Crippen LogP contribution >= 0.6 is 0 Å². The van der Waals surface area contributed by atoms with Gasteiger partial charge in [-0.3, -0.25) is 0 Å². The number of hydrogen-bond donors (Lipinski definition) is 0. The summed E-state index contributed by atoms with van der Waals surface area (Å²) in [5, 5.41) is 0. The normalized spacial score (nSPS) is 10.9. The lowest BCUT2D eigenvalue weighted by Gasteiger charge is -2.18. The van der Waals surface area contributed by atoms with E-state index in [2.05, 4.69) is 19.1 Å². The van der Waals surface area contributed by atoms with E-state index in [-0.39, 0.29) is 6.29 Å². The maximum absolute atomic E-state index is 5.91. The second kappa shape index (κ2) is 8.57. The molecule has 2 aromatic rings. The highest BCUT2D eigenvalue weighted by atomic mass is 16.7. The highest BCUT2D eigenvalue weighted by Crippen LogP contribution is 2.24. The molecule has 0 saturated heterocycles. The molecule has 0 aliphatic heterocycles. The molecule has 0 aliphatic carbocycles. The Morgan fingerprint density at radius 1 is 0.909 bits per heavy atom. The molecule has 0 saturated carbocycles. The van der Waals surface area contributed by atoms with Crippen LogP contribution in [0.4, 0.5) is 0 Å². The van der Waals surface area contributed by atoms with Crippen LogP contribution < -0.4 is 4.74 Å². The molecule has 3 heteroatoms. The fourth-order valence-electron chi connectivity index (χ4n) is 2.23. The van der Waals surface area contributed by atoms with Crippen molar-refractivity contribution < 1.29 is 14.2 Å². The highest BCUT2D eigenvalue weighted by molar-refractivity contribution is 5.30. The maximum Gasteiger partial charge on any atom is 0.183 e. The van der Waals surface area contributed by atoms with Gasteiger partial charge in [0.2, 0.25) is 0 Å². The van der Waals surface area contributed by atoms with Crippen LogP contribution in [0.2, 0.25) is 0 Å². The molecule has 2 rings (SSSR count). The molecule has 0 amide bonds. The first kappa shape index (κ1) is 16.5. The van der Waals surface area contributed by atoms with Gasteiger partial charge >= 0.3 is 0 Å². The number of aryl methyl sites for hydroxylation is 1. The Morgan fingerprint density at radius 3 is 2.32 bits per heavy atom. The van der Waals surface area contributed by atoms with Gasteiger partial charge in [0, 0.05) is 18.8 Å². The van der Waals surface area contributed by atoms with Crippen LogP contribution in [-0.4, -0.2) is 13.2 Å². The summed E-state index contributed by atoms with van der Waals surface area (Å²) in [6, 6.07) is 16.1. The Labute approximate surface area is 132 Å². The molecular weight excluding hydrogens is 276 g/mol. The van der Waals surface area contributed by atoms with Gasteiger partial charge < -0.3 is 14.2 Å². The van der Waals surface area contributed by atoms with E-state index in [9.17, 15) is 0 Å². The molecule has 0 bridgehead atoms. The van der Waals surface area contributed by atoms with Crippen molar-refractivity contribution in [2.45, 2.75) is 33.7 Å². The maximum atomic E-state index is 5.91. The van der Waals surface area contributed by atoms with E-state index in [4.69, 9.17) is 14.2 Å². The average molecular weight is 300 g/mol.